The molecule has 0 fully saturated rings. The number of nitrogens with one attached hydrogen (secondary N) is 1. The smallest absolute Gasteiger partial charge is 0.267 e. The minimum absolute atomic E-state index is 0.181. The van der Waals surface area contributed by atoms with E-state index in [9.17, 15) is 18.4 Å². The van der Waals surface area contributed by atoms with Gasteiger partial charge in [-0.3, -0.25) is 9.59 Å². The number of carbonyl (C=O) groups excluding carboxylic acids is 1. The molecule has 1 N–H and O–H groups in total. The lowest BCUT2D eigenvalue weighted by molar-refractivity contribution is -0.117. The van der Waals surface area contributed by atoms with Crippen LogP contribution in [0, 0.1) is 25.5 Å². The van der Waals surface area contributed by atoms with Crippen LogP contribution in [0.1, 0.15) is 11.4 Å². The predicted octanol–water partition coefficient (Wildman–Crippen LogP) is 1.96. The molecular formula is C17H15F2N5O2. The monoisotopic (exact) mass is 359 g/mol. The highest BCUT2D eigenvalue weighted by Crippen LogP contribution is 2.14. The number of aromatic nitrogens is 4. The first kappa shape index (κ1) is 17.5. The molecule has 0 aliphatic rings. The Balaban J connectivity index is 1.83. The number of amides is 1. The molecule has 26 heavy (non-hydrogen) atoms. The van der Waals surface area contributed by atoms with Gasteiger partial charge in [-0.05, 0) is 38.1 Å². The van der Waals surface area contributed by atoms with Crippen molar-refractivity contribution in [2.24, 2.45) is 0 Å². The fourth-order valence-electron chi connectivity index (χ4n) is 2.44. The third-order valence-electron chi connectivity index (χ3n) is 3.58. The van der Waals surface area contributed by atoms with Gasteiger partial charge in [-0.2, -0.15) is 5.10 Å². The number of hydrogen-bond acceptors (Lipinski definition) is 4. The molecule has 2 aromatic heterocycles. The minimum atomic E-state index is -0.907. The van der Waals surface area contributed by atoms with E-state index in [4.69, 9.17) is 0 Å². The Morgan fingerprint density at radius 1 is 1.12 bits per heavy atom. The number of halogens is 2. The molecule has 1 aromatic carbocycles. The Morgan fingerprint density at radius 3 is 2.54 bits per heavy atom. The summed E-state index contributed by atoms with van der Waals surface area (Å²) >= 11 is 0. The molecule has 0 aliphatic carbocycles. The third kappa shape index (κ3) is 3.66. The van der Waals surface area contributed by atoms with E-state index in [1.54, 1.807) is 4.68 Å². The van der Waals surface area contributed by atoms with Gasteiger partial charge >= 0.3 is 0 Å². The number of carbonyl (C=O) groups is 1. The van der Waals surface area contributed by atoms with Crippen LogP contribution in [-0.4, -0.2) is 25.5 Å². The fourth-order valence-corrected chi connectivity index (χ4v) is 2.44. The number of nitrogens with zero attached hydrogens (tertiary/aromatic N) is 4. The van der Waals surface area contributed by atoms with Crippen molar-refractivity contribution in [2.45, 2.75) is 20.4 Å². The van der Waals surface area contributed by atoms with Gasteiger partial charge in [0.25, 0.3) is 5.56 Å². The van der Waals surface area contributed by atoms with Crippen molar-refractivity contribution in [3.05, 3.63) is 69.8 Å². The topological polar surface area (TPSA) is 81.8 Å². The van der Waals surface area contributed by atoms with E-state index in [0.29, 0.717) is 11.9 Å². The summed E-state index contributed by atoms with van der Waals surface area (Å²) in [6.07, 6.45) is 0. The van der Waals surface area contributed by atoms with Gasteiger partial charge in [0.15, 0.2) is 5.82 Å². The zero-order chi connectivity index (χ0) is 18.8. The van der Waals surface area contributed by atoms with E-state index < -0.39 is 29.6 Å². The first-order valence-corrected chi connectivity index (χ1v) is 7.70. The Morgan fingerprint density at radius 2 is 1.88 bits per heavy atom. The second-order valence-electron chi connectivity index (χ2n) is 5.70. The maximum Gasteiger partial charge on any atom is 0.267 e. The standard InChI is InChI=1S/C17H15F2N5O2/c1-10-7-11(2)24(21-10)15-5-6-17(26)23(22-15)9-16(25)20-14-4-3-12(18)8-13(14)19/h3-8H,9H2,1-2H3,(H,20,25). The van der Waals surface area contributed by atoms with Crippen LogP contribution in [0.4, 0.5) is 14.5 Å². The van der Waals surface area contributed by atoms with Crippen LogP contribution < -0.4 is 10.9 Å². The van der Waals surface area contributed by atoms with E-state index >= 15 is 0 Å². The zero-order valence-electron chi connectivity index (χ0n) is 14.0. The van der Waals surface area contributed by atoms with Crippen LogP contribution in [0.15, 0.2) is 41.2 Å². The summed E-state index contributed by atoms with van der Waals surface area (Å²) in [7, 11) is 0. The van der Waals surface area contributed by atoms with Crippen molar-refractivity contribution in [3.8, 4) is 5.82 Å². The van der Waals surface area contributed by atoms with Crippen molar-refractivity contribution in [1.29, 1.82) is 0 Å². The van der Waals surface area contributed by atoms with Gasteiger partial charge < -0.3 is 5.32 Å². The molecule has 2 heterocycles. The SMILES string of the molecule is Cc1cc(C)n(-c2ccc(=O)n(CC(=O)Nc3ccc(F)cc3F)n2)n1. The van der Waals surface area contributed by atoms with E-state index in [0.717, 1.165) is 28.2 Å². The summed E-state index contributed by atoms with van der Waals surface area (Å²) in [6.45, 7) is 3.23. The highest BCUT2D eigenvalue weighted by atomic mass is 19.1. The molecule has 1 amide bonds. The van der Waals surface area contributed by atoms with Crippen LogP contribution in [0.5, 0.6) is 0 Å². The third-order valence-corrected chi connectivity index (χ3v) is 3.58. The van der Waals surface area contributed by atoms with Gasteiger partial charge in [-0.1, -0.05) is 0 Å². The molecule has 0 saturated heterocycles. The van der Waals surface area contributed by atoms with Gasteiger partial charge in [0.05, 0.1) is 11.4 Å². The van der Waals surface area contributed by atoms with Gasteiger partial charge in [0.1, 0.15) is 18.2 Å². The summed E-state index contributed by atoms with van der Waals surface area (Å²) in [4.78, 5) is 24.1. The van der Waals surface area contributed by atoms with E-state index in [1.807, 2.05) is 19.9 Å². The molecule has 0 spiro atoms. The molecular weight excluding hydrogens is 344 g/mol. The molecule has 3 rings (SSSR count). The summed E-state index contributed by atoms with van der Waals surface area (Å²) in [5.41, 5.74) is 0.925. The Labute approximate surface area is 146 Å². The Kier molecular flexibility index (Phi) is 4.61. The van der Waals surface area contributed by atoms with Crippen molar-refractivity contribution in [1.82, 2.24) is 19.6 Å². The van der Waals surface area contributed by atoms with Crippen molar-refractivity contribution in [3.63, 3.8) is 0 Å². The number of benzene rings is 1. The van der Waals surface area contributed by atoms with E-state index in [1.165, 1.54) is 12.1 Å². The van der Waals surface area contributed by atoms with Crippen LogP contribution in [0.2, 0.25) is 0 Å². The number of hydrogen-bond donors (Lipinski definition) is 1. The number of anilines is 1. The van der Waals surface area contributed by atoms with Gasteiger partial charge in [0.2, 0.25) is 5.91 Å². The highest BCUT2D eigenvalue weighted by molar-refractivity contribution is 5.90. The normalized spacial score (nSPS) is 10.8. The molecule has 0 saturated carbocycles. The lowest BCUT2D eigenvalue weighted by Gasteiger charge is -2.09. The second-order valence-corrected chi connectivity index (χ2v) is 5.70. The average molecular weight is 359 g/mol. The van der Waals surface area contributed by atoms with Crippen LogP contribution in [0.3, 0.4) is 0 Å². The molecule has 134 valence electrons. The van der Waals surface area contributed by atoms with Crippen molar-refractivity contribution >= 4 is 11.6 Å². The second kappa shape index (κ2) is 6.87. The number of rotatable bonds is 4. The van der Waals surface area contributed by atoms with Crippen LogP contribution in [-0.2, 0) is 11.3 Å². The quantitative estimate of drug-likeness (QED) is 0.772. The maximum atomic E-state index is 13.6. The van der Waals surface area contributed by atoms with Crippen LogP contribution >= 0.6 is 0 Å². The van der Waals surface area contributed by atoms with Crippen molar-refractivity contribution in [2.75, 3.05) is 5.32 Å². The van der Waals surface area contributed by atoms with Gasteiger partial charge in [-0.25, -0.2) is 18.1 Å². The van der Waals surface area contributed by atoms with Crippen LogP contribution in [0.25, 0.3) is 5.82 Å². The first-order valence-electron chi connectivity index (χ1n) is 7.70. The molecule has 0 atom stereocenters. The zero-order valence-corrected chi connectivity index (χ0v) is 14.0. The molecule has 7 nitrogen and oxygen atoms in total. The largest absolute Gasteiger partial charge is 0.322 e. The first-order chi connectivity index (χ1) is 12.3. The fraction of sp³-hybridized carbons (Fsp3) is 0.176. The Bertz CT molecular complexity index is 1040. The molecule has 0 unspecified atom stereocenters. The lowest BCUT2D eigenvalue weighted by atomic mass is 10.3. The summed E-state index contributed by atoms with van der Waals surface area (Å²) in [5.74, 6) is -1.96. The summed E-state index contributed by atoms with van der Waals surface area (Å²) < 4.78 is 29.0. The predicted molar refractivity (Wildman–Crippen MR) is 90.1 cm³/mol. The summed E-state index contributed by atoms with van der Waals surface area (Å²) in [5, 5.41) is 10.7. The summed E-state index contributed by atoms with van der Waals surface area (Å²) in [6, 6.07) is 7.39. The lowest BCUT2D eigenvalue weighted by Crippen LogP contribution is -2.30. The molecule has 3 aromatic rings. The minimum Gasteiger partial charge on any atom is -0.322 e. The van der Waals surface area contributed by atoms with Gasteiger partial charge in [0, 0.05) is 17.8 Å². The van der Waals surface area contributed by atoms with Crippen molar-refractivity contribution < 1.29 is 13.6 Å². The highest BCUT2D eigenvalue weighted by Gasteiger charge is 2.12. The van der Waals surface area contributed by atoms with E-state index in [-0.39, 0.29) is 5.69 Å². The Hall–Kier alpha value is -3.36. The molecule has 9 heteroatoms. The molecule has 0 radical (unpaired) electrons. The van der Waals surface area contributed by atoms with Gasteiger partial charge in [-0.15, -0.1) is 5.10 Å². The molecule has 0 bridgehead atoms. The maximum absolute atomic E-state index is 13.6. The number of aryl methyl sites for hydroxylation is 2. The average Bonchev–Trinajstić information content (AvgIpc) is 2.91. The van der Waals surface area contributed by atoms with E-state index in [2.05, 4.69) is 15.5 Å². The molecule has 0 aliphatic heterocycles.